The Kier molecular flexibility index (Phi) is 3.76. The maximum Gasteiger partial charge on any atom is 0.333 e. The molecule has 4 heteroatoms. The van der Waals surface area contributed by atoms with Crippen molar-refractivity contribution in [1.29, 1.82) is 0 Å². The van der Waals surface area contributed by atoms with Crippen LogP contribution in [0.1, 0.15) is 25.0 Å². The second kappa shape index (κ2) is 4.55. The first-order chi connectivity index (χ1) is 7.26. The van der Waals surface area contributed by atoms with Gasteiger partial charge in [0.25, 0.3) is 0 Å². The van der Waals surface area contributed by atoms with Crippen LogP contribution in [0.4, 0.5) is 0 Å². The number of carboxylic acid groups (broad SMARTS) is 1. The van der Waals surface area contributed by atoms with E-state index in [4.69, 9.17) is 5.11 Å². The molecule has 1 atom stereocenters. The number of aliphatic hydroxyl groups excluding tert-OH is 1. The Morgan fingerprint density at radius 2 is 2.00 bits per heavy atom. The van der Waals surface area contributed by atoms with Gasteiger partial charge in [-0.1, -0.05) is 35.8 Å². The third-order valence-corrected chi connectivity index (χ3v) is 3.30. The van der Waals surface area contributed by atoms with Gasteiger partial charge in [-0.15, -0.1) is 0 Å². The molecule has 0 aromatic heterocycles. The van der Waals surface area contributed by atoms with Crippen molar-refractivity contribution in [1.82, 2.24) is 0 Å². The van der Waals surface area contributed by atoms with Crippen LogP contribution in [-0.2, 0) is 10.2 Å². The van der Waals surface area contributed by atoms with E-state index in [1.807, 2.05) is 25.1 Å². The molecular formula is C12H15BrO3. The van der Waals surface area contributed by atoms with Gasteiger partial charge in [-0.2, -0.15) is 0 Å². The number of carboxylic acids is 1. The quantitative estimate of drug-likeness (QED) is 0.898. The first-order valence-electron chi connectivity index (χ1n) is 4.94. The van der Waals surface area contributed by atoms with E-state index in [0.717, 1.165) is 15.6 Å². The number of hydrogen-bond donors (Lipinski definition) is 2. The van der Waals surface area contributed by atoms with Gasteiger partial charge in [-0.3, -0.25) is 0 Å². The molecule has 88 valence electrons. The molecule has 1 unspecified atom stereocenters. The van der Waals surface area contributed by atoms with E-state index in [2.05, 4.69) is 15.9 Å². The summed E-state index contributed by atoms with van der Waals surface area (Å²) in [7, 11) is 0. The molecular weight excluding hydrogens is 272 g/mol. The van der Waals surface area contributed by atoms with Crippen LogP contribution in [0.2, 0.25) is 0 Å². The molecule has 0 bridgehead atoms. The topological polar surface area (TPSA) is 57.5 Å². The molecule has 0 aliphatic carbocycles. The Hall–Kier alpha value is -0.870. The predicted molar refractivity (Wildman–Crippen MR) is 65.5 cm³/mol. The van der Waals surface area contributed by atoms with Crippen LogP contribution in [0.15, 0.2) is 22.7 Å². The summed E-state index contributed by atoms with van der Waals surface area (Å²) in [5.74, 6) is -1.20. The standard InChI is InChI=1S/C12H15BrO3/c1-7-4-5-8(13)6-9(7)12(2,3)10(14)11(15)16/h4-6,10,14H,1-3H3,(H,15,16). The van der Waals surface area contributed by atoms with Gasteiger partial charge in [-0.05, 0) is 30.2 Å². The van der Waals surface area contributed by atoms with Crippen LogP contribution < -0.4 is 0 Å². The van der Waals surface area contributed by atoms with Gasteiger partial charge < -0.3 is 10.2 Å². The molecule has 0 aliphatic heterocycles. The Bertz CT molecular complexity index is 413. The lowest BCUT2D eigenvalue weighted by Gasteiger charge is -2.30. The molecule has 0 aliphatic rings. The van der Waals surface area contributed by atoms with E-state index >= 15 is 0 Å². The van der Waals surface area contributed by atoms with Crippen molar-refractivity contribution in [3.05, 3.63) is 33.8 Å². The molecule has 1 aromatic rings. The van der Waals surface area contributed by atoms with E-state index in [1.54, 1.807) is 13.8 Å². The van der Waals surface area contributed by atoms with E-state index in [-0.39, 0.29) is 0 Å². The SMILES string of the molecule is Cc1ccc(Br)cc1C(C)(C)C(O)C(=O)O. The fourth-order valence-electron chi connectivity index (χ4n) is 1.74. The minimum Gasteiger partial charge on any atom is -0.479 e. The van der Waals surface area contributed by atoms with Crippen molar-refractivity contribution < 1.29 is 15.0 Å². The van der Waals surface area contributed by atoms with Crippen LogP contribution >= 0.6 is 15.9 Å². The summed E-state index contributed by atoms with van der Waals surface area (Å²) in [5, 5.41) is 18.6. The Labute approximate surface area is 103 Å². The number of aliphatic carboxylic acids is 1. The number of carbonyl (C=O) groups is 1. The molecule has 0 amide bonds. The first-order valence-corrected chi connectivity index (χ1v) is 5.73. The highest BCUT2D eigenvalue weighted by Gasteiger charge is 2.36. The molecule has 2 N–H and O–H groups in total. The Balaban J connectivity index is 3.25. The van der Waals surface area contributed by atoms with Crippen molar-refractivity contribution in [2.24, 2.45) is 0 Å². The zero-order valence-corrected chi connectivity index (χ0v) is 11.1. The summed E-state index contributed by atoms with van der Waals surface area (Å²) in [6.07, 6.45) is -1.42. The van der Waals surface area contributed by atoms with Gasteiger partial charge >= 0.3 is 5.97 Å². The minimum atomic E-state index is -1.42. The predicted octanol–water partition coefficient (Wildman–Crippen LogP) is 2.48. The van der Waals surface area contributed by atoms with Crippen LogP contribution in [0.3, 0.4) is 0 Å². The van der Waals surface area contributed by atoms with Crippen LogP contribution in [0.25, 0.3) is 0 Å². The van der Waals surface area contributed by atoms with Crippen molar-refractivity contribution >= 4 is 21.9 Å². The van der Waals surface area contributed by atoms with Gasteiger partial charge in [0.1, 0.15) is 0 Å². The van der Waals surface area contributed by atoms with Gasteiger partial charge in [0.2, 0.25) is 0 Å². The molecule has 0 heterocycles. The number of aliphatic hydroxyl groups is 1. The summed E-state index contributed by atoms with van der Waals surface area (Å²) in [6.45, 7) is 5.35. The van der Waals surface area contributed by atoms with Crippen molar-refractivity contribution in [3.8, 4) is 0 Å². The second-order valence-corrected chi connectivity index (χ2v) is 5.34. The van der Waals surface area contributed by atoms with E-state index in [1.165, 1.54) is 0 Å². The molecule has 0 spiro atoms. The summed E-state index contributed by atoms with van der Waals surface area (Å²) in [4.78, 5) is 10.9. The zero-order valence-electron chi connectivity index (χ0n) is 9.49. The highest BCUT2D eigenvalue weighted by Crippen LogP contribution is 2.32. The number of halogens is 1. The molecule has 0 saturated carbocycles. The molecule has 16 heavy (non-hydrogen) atoms. The minimum absolute atomic E-state index is 0.820. The van der Waals surface area contributed by atoms with Gasteiger partial charge in [0, 0.05) is 9.89 Å². The van der Waals surface area contributed by atoms with Gasteiger partial charge in [-0.25, -0.2) is 4.79 Å². The van der Waals surface area contributed by atoms with Crippen molar-refractivity contribution in [3.63, 3.8) is 0 Å². The zero-order chi connectivity index (χ0) is 12.5. The van der Waals surface area contributed by atoms with E-state index in [9.17, 15) is 9.90 Å². The number of rotatable bonds is 3. The van der Waals surface area contributed by atoms with Gasteiger partial charge in [0.05, 0.1) is 0 Å². The lowest BCUT2D eigenvalue weighted by atomic mass is 9.77. The Morgan fingerprint density at radius 1 is 1.44 bits per heavy atom. The van der Waals surface area contributed by atoms with Crippen LogP contribution in [0.5, 0.6) is 0 Å². The molecule has 0 radical (unpaired) electrons. The first kappa shape index (κ1) is 13.2. The monoisotopic (exact) mass is 286 g/mol. The molecule has 0 saturated heterocycles. The van der Waals surface area contributed by atoms with Crippen LogP contribution in [0, 0.1) is 6.92 Å². The summed E-state index contributed by atoms with van der Waals surface area (Å²) in [6, 6.07) is 5.64. The summed E-state index contributed by atoms with van der Waals surface area (Å²) in [5.41, 5.74) is 0.977. The average molecular weight is 287 g/mol. The average Bonchev–Trinajstić information content (AvgIpc) is 2.20. The number of aryl methyl sites for hydroxylation is 1. The molecule has 1 rings (SSSR count). The highest BCUT2D eigenvalue weighted by atomic mass is 79.9. The smallest absolute Gasteiger partial charge is 0.333 e. The largest absolute Gasteiger partial charge is 0.479 e. The maximum absolute atomic E-state index is 10.9. The Morgan fingerprint density at radius 3 is 2.50 bits per heavy atom. The van der Waals surface area contributed by atoms with E-state index in [0.29, 0.717) is 0 Å². The third-order valence-electron chi connectivity index (χ3n) is 2.81. The molecule has 3 nitrogen and oxygen atoms in total. The third kappa shape index (κ3) is 2.44. The lowest BCUT2D eigenvalue weighted by Crippen LogP contribution is -2.40. The normalized spacial score (nSPS) is 13.6. The fraction of sp³-hybridized carbons (Fsp3) is 0.417. The molecule has 1 aromatic carbocycles. The van der Waals surface area contributed by atoms with Crippen LogP contribution in [-0.4, -0.2) is 22.3 Å². The second-order valence-electron chi connectivity index (χ2n) is 4.42. The fourth-order valence-corrected chi connectivity index (χ4v) is 2.11. The van der Waals surface area contributed by atoms with Crippen molar-refractivity contribution in [2.75, 3.05) is 0 Å². The van der Waals surface area contributed by atoms with E-state index < -0.39 is 17.5 Å². The summed E-state index contributed by atoms with van der Waals surface area (Å²) >= 11 is 3.35. The maximum atomic E-state index is 10.9. The summed E-state index contributed by atoms with van der Waals surface area (Å²) < 4.78 is 0.874. The number of hydrogen-bond acceptors (Lipinski definition) is 2. The highest BCUT2D eigenvalue weighted by molar-refractivity contribution is 9.10. The molecule has 0 fully saturated rings. The van der Waals surface area contributed by atoms with Crippen molar-refractivity contribution in [2.45, 2.75) is 32.3 Å². The number of benzene rings is 1. The van der Waals surface area contributed by atoms with Gasteiger partial charge in [0.15, 0.2) is 6.10 Å². The lowest BCUT2D eigenvalue weighted by molar-refractivity contribution is -0.150.